The first-order valence-electron chi connectivity index (χ1n) is 10.0. The zero-order chi connectivity index (χ0) is 19.3. The number of piperazine rings is 1. The SMILES string of the molecule is O=C(Cc1ccc(F)cc1)N1CCN(c2ccc(N3CCCCC3)nn2)CC1. The summed E-state index contributed by atoms with van der Waals surface area (Å²) in [4.78, 5) is 18.8. The molecule has 4 rings (SSSR count). The van der Waals surface area contributed by atoms with Crippen molar-refractivity contribution >= 4 is 17.5 Å². The fourth-order valence-electron chi connectivity index (χ4n) is 3.85. The number of anilines is 2. The van der Waals surface area contributed by atoms with Gasteiger partial charge in [-0.25, -0.2) is 4.39 Å². The summed E-state index contributed by atoms with van der Waals surface area (Å²) in [6.45, 7) is 4.93. The second kappa shape index (κ2) is 8.54. The van der Waals surface area contributed by atoms with Gasteiger partial charge in [-0.2, -0.15) is 0 Å². The summed E-state index contributed by atoms with van der Waals surface area (Å²) in [6, 6.07) is 10.2. The van der Waals surface area contributed by atoms with Crippen LogP contribution in [0.5, 0.6) is 0 Å². The predicted molar refractivity (Wildman–Crippen MR) is 107 cm³/mol. The molecule has 2 saturated heterocycles. The lowest BCUT2D eigenvalue weighted by molar-refractivity contribution is -0.130. The highest BCUT2D eigenvalue weighted by Gasteiger charge is 2.22. The van der Waals surface area contributed by atoms with E-state index < -0.39 is 0 Å². The van der Waals surface area contributed by atoms with E-state index >= 15 is 0 Å². The summed E-state index contributed by atoms with van der Waals surface area (Å²) in [6.07, 6.45) is 4.05. The van der Waals surface area contributed by atoms with Crippen LogP contribution in [0.1, 0.15) is 24.8 Å². The monoisotopic (exact) mass is 383 g/mol. The molecular formula is C21H26FN5O. The van der Waals surface area contributed by atoms with E-state index in [4.69, 9.17) is 0 Å². The van der Waals surface area contributed by atoms with Crippen molar-refractivity contribution in [2.24, 2.45) is 0 Å². The lowest BCUT2D eigenvalue weighted by Gasteiger charge is -2.35. The van der Waals surface area contributed by atoms with Gasteiger partial charge in [-0.1, -0.05) is 12.1 Å². The number of halogens is 1. The Hall–Kier alpha value is -2.70. The molecule has 1 aromatic carbocycles. The molecule has 1 amide bonds. The lowest BCUT2D eigenvalue weighted by Crippen LogP contribution is -2.49. The summed E-state index contributed by atoms with van der Waals surface area (Å²) in [5, 5.41) is 8.84. The van der Waals surface area contributed by atoms with E-state index in [0.717, 1.165) is 43.4 Å². The van der Waals surface area contributed by atoms with E-state index in [1.807, 2.05) is 11.0 Å². The maximum absolute atomic E-state index is 13.0. The lowest BCUT2D eigenvalue weighted by atomic mass is 10.1. The largest absolute Gasteiger partial charge is 0.355 e. The molecular weight excluding hydrogens is 357 g/mol. The minimum atomic E-state index is -0.280. The van der Waals surface area contributed by atoms with Gasteiger partial charge in [-0.05, 0) is 49.1 Å². The number of aromatic nitrogens is 2. The number of piperidine rings is 1. The predicted octanol–water partition coefficient (Wildman–Crippen LogP) is 2.50. The van der Waals surface area contributed by atoms with E-state index in [1.165, 1.54) is 31.4 Å². The standard InChI is InChI=1S/C21H26FN5O/c22-18-6-4-17(5-7-18)16-21(28)27-14-12-26(13-15-27)20-9-8-19(23-24-20)25-10-2-1-3-11-25/h4-9H,1-3,10-16H2. The molecule has 2 aliphatic heterocycles. The van der Waals surface area contributed by atoms with Gasteiger partial charge in [0, 0.05) is 39.3 Å². The van der Waals surface area contributed by atoms with Crippen molar-refractivity contribution in [2.75, 3.05) is 49.1 Å². The van der Waals surface area contributed by atoms with Crippen LogP contribution < -0.4 is 9.80 Å². The average molecular weight is 383 g/mol. The van der Waals surface area contributed by atoms with Crippen LogP contribution in [0.3, 0.4) is 0 Å². The average Bonchev–Trinajstić information content (AvgIpc) is 2.76. The molecule has 2 aromatic rings. The van der Waals surface area contributed by atoms with Gasteiger partial charge in [0.25, 0.3) is 0 Å². The van der Waals surface area contributed by atoms with Gasteiger partial charge >= 0.3 is 0 Å². The van der Waals surface area contributed by atoms with Crippen molar-refractivity contribution in [2.45, 2.75) is 25.7 Å². The molecule has 148 valence electrons. The molecule has 0 atom stereocenters. The Morgan fingerprint density at radius 1 is 0.786 bits per heavy atom. The number of hydrogen-bond donors (Lipinski definition) is 0. The van der Waals surface area contributed by atoms with Crippen molar-refractivity contribution in [3.63, 3.8) is 0 Å². The smallest absolute Gasteiger partial charge is 0.227 e. The highest BCUT2D eigenvalue weighted by Crippen LogP contribution is 2.20. The van der Waals surface area contributed by atoms with Gasteiger partial charge in [-0.15, -0.1) is 10.2 Å². The second-order valence-corrected chi connectivity index (χ2v) is 7.47. The molecule has 3 heterocycles. The van der Waals surface area contributed by atoms with Crippen LogP contribution >= 0.6 is 0 Å². The zero-order valence-electron chi connectivity index (χ0n) is 16.1. The van der Waals surface area contributed by atoms with Gasteiger partial charge in [0.2, 0.25) is 5.91 Å². The Kier molecular flexibility index (Phi) is 5.69. The quantitative estimate of drug-likeness (QED) is 0.812. The minimum absolute atomic E-state index is 0.0813. The van der Waals surface area contributed by atoms with Crippen LogP contribution in [0.4, 0.5) is 16.0 Å². The number of carbonyl (C=O) groups excluding carboxylic acids is 1. The number of carbonyl (C=O) groups is 1. The van der Waals surface area contributed by atoms with Crippen LogP contribution in [0.15, 0.2) is 36.4 Å². The van der Waals surface area contributed by atoms with E-state index in [9.17, 15) is 9.18 Å². The number of nitrogens with zero attached hydrogens (tertiary/aromatic N) is 5. The van der Waals surface area contributed by atoms with E-state index in [-0.39, 0.29) is 11.7 Å². The molecule has 0 aliphatic carbocycles. The van der Waals surface area contributed by atoms with Crippen LogP contribution in [0.25, 0.3) is 0 Å². The summed E-state index contributed by atoms with van der Waals surface area (Å²) in [5.41, 5.74) is 0.841. The van der Waals surface area contributed by atoms with Crippen molar-refractivity contribution < 1.29 is 9.18 Å². The number of amides is 1. The Balaban J connectivity index is 1.29. The van der Waals surface area contributed by atoms with Crippen LogP contribution in [0, 0.1) is 5.82 Å². The molecule has 28 heavy (non-hydrogen) atoms. The first-order valence-corrected chi connectivity index (χ1v) is 10.0. The molecule has 0 saturated carbocycles. The summed E-state index contributed by atoms with van der Waals surface area (Å²) in [5.74, 6) is 1.62. The van der Waals surface area contributed by atoms with Crippen LogP contribution in [-0.2, 0) is 11.2 Å². The third-order valence-corrected chi connectivity index (χ3v) is 5.54. The maximum atomic E-state index is 13.0. The molecule has 0 bridgehead atoms. The molecule has 6 nitrogen and oxygen atoms in total. The first-order chi connectivity index (χ1) is 13.7. The van der Waals surface area contributed by atoms with Gasteiger partial charge in [-0.3, -0.25) is 4.79 Å². The Bertz CT molecular complexity index is 781. The fourth-order valence-corrected chi connectivity index (χ4v) is 3.85. The summed E-state index contributed by atoms with van der Waals surface area (Å²) < 4.78 is 13.0. The van der Waals surface area contributed by atoms with Crippen molar-refractivity contribution in [3.8, 4) is 0 Å². The van der Waals surface area contributed by atoms with Gasteiger partial charge < -0.3 is 14.7 Å². The normalized spacial score (nSPS) is 17.7. The third kappa shape index (κ3) is 4.40. The maximum Gasteiger partial charge on any atom is 0.227 e. The second-order valence-electron chi connectivity index (χ2n) is 7.47. The van der Waals surface area contributed by atoms with E-state index in [0.29, 0.717) is 19.5 Å². The topological polar surface area (TPSA) is 52.6 Å². The van der Waals surface area contributed by atoms with Crippen molar-refractivity contribution in [3.05, 3.63) is 47.8 Å². The molecule has 1 aromatic heterocycles. The van der Waals surface area contributed by atoms with Crippen LogP contribution in [0.2, 0.25) is 0 Å². The molecule has 7 heteroatoms. The molecule has 2 fully saturated rings. The molecule has 0 radical (unpaired) electrons. The van der Waals surface area contributed by atoms with E-state index in [1.54, 1.807) is 12.1 Å². The molecule has 0 N–H and O–H groups in total. The number of rotatable bonds is 4. The van der Waals surface area contributed by atoms with Crippen LogP contribution in [-0.4, -0.2) is 60.3 Å². The number of benzene rings is 1. The summed E-state index contributed by atoms with van der Waals surface area (Å²) in [7, 11) is 0. The Morgan fingerprint density at radius 2 is 1.36 bits per heavy atom. The summed E-state index contributed by atoms with van der Waals surface area (Å²) >= 11 is 0. The van der Waals surface area contributed by atoms with Crippen molar-refractivity contribution in [1.82, 2.24) is 15.1 Å². The molecule has 0 unspecified atom stereocenters. The minimum Gasteiger partial charge on any atom is -0.355 e. The highest BCUT2D eigenvalue weighted by atomic mass is 19.1. The molecule has 0 spiro atoms. The number of hydrogen-bond acceptors (Lipinski definition) is 5. The third-order valence-electron chi connectivity index (χ3n) is 5.54. The zero-order valence-corrected chi connectivity index (χ0v) is 16.1. The Labute approximate surface area is 165 Å². The van der Waals surface area contributed by atoms with Gasteiger partial charge in [0.1, 0.15) is 5.82 Å². The van der Waals surface area contributed by atoms with Gasteiger partial charge in [0.15, 0.2) is 11.6 Å². The highest BCUT2D eigenvalue weighted by molar-refractivity contribution is 5.79. The fraction of sp³-hybridized carbons (Fsp3) is 0.476. The van der Waals surface area contributed by atoms with Gasteiger partial charge in [0.05, 0.1) is 6.42 Å². The van der Waals surface area contributed by atoms with E-state index in [2.05, 4.69) is 26.1 Å². The first kappa shape index (κ1) is 18.7. The molecule has 2 aliphatic rings. The van der Waals surface area contributed by atoms with Crippen molar-refractivity contribution in [1.29, 1.82) is 0 Å². The Morgan fingerprint density at radius 3 is 1.93 bits per heavy atom.